The first-order chi connectivity index (χ1) is 15.5. The number of carbonyl (C=O) groups excluding carboxylic acids is 1. The monoisotopic (exact) mass is 434 g/mol. The van der Waals surface area contributed by atoms with Gasteiger partial charge in [0, 0.05) is 37.4 Å². The van der Waals surface area contributed by atoms with Crippen molar-refractivity contribution in [3.05, 3.63) is 24.5 Å². The largest absolute Gasteiger partial charge is 0.356 e. The summed E-state index contributed by atoms with van der Waals surface area (Å²) >= 11 is 0. The number of hydrogen-bond acceptors (Lipinski definition) is 7. The van der Waals surface area contributed by atoms with E-state index in [0.29, 0.717) is 35.5 Å². The molecule has 0 bridgehead atoms. The number of amides is 1. The Kier molecular flexibility index (Phi) is 5.27. The van der Waals surface area contributed by atoms with Crippen LogP contribution in [0.1, 0.15) is 51.8 Å². The molecule has 1 aliphatic heterocycles. The summed E-state index contributed by atoms with van der Waals surface area (Å²) < 4.78 is 2.03. The van der Waals surface area contributed by atoms with Gasteiger partial charge in [-0.3, -0.25) is 4.79 Å². The van der Waals surface area contributed by atoms with Crippen LogP contribution in [0.25, 0.3) is 22.6 Å². The Hall–Kier alpha value is -3.10. The molecular weight excluding hydrogens is 404 g/mol. The number of anilines is 1. The van der Waals surface area contributed by atoms with Crippen molar-refractivity contribution in [3.8, 4) is 11.4 Å². The van der Waals surface area contributed by atoms with E-state index in [1.807, 2.05) is 23.3 Å². The SMILES string of the molecule is CC[C@H](Nc1ncnc2c1nc(-c1cnc(C)nc1)n2CC)C(=O)N1CC2(CCCC2)C1. The lowest BCUT2D eigenvalue weighted by molar-refractivity contribution is -0.144. The van der Waals surface area contributed by atoms with E-state index in [4.69, 9.17) is 4.98 Å². The molecule has 2 fully saturated rings. The van der Waals surface area contributed by atoms with Gasteiger partial charge in [-0.1, -0.05) is 19.8 Å². The fraction of sp³-hybridized carbons (Fsp3) is 0.565. The summed E-state index contributed by atoms with van der Waals surface area (Å²) in [7, 11) is 0. The summed E-state index contributed by atoms with van der Waals surface area (Å²) in [6, 6.07) is -0.329. The molecule has 1 amide bonds. The Balaban J connectivity index is 1.42. The molecule has 32 heavy (non-hydrogen) atoms. The zero-order valence-corrected chi connectivity index (χ0v) is 19.0. The van der Waals surface area contributed by atoms with Crippen LogP contribution < -0.4 is 5.32 Å². The molecule has 9 heteroatoms. The predicted octanol–water partition coefficient (Wildman–Crippen LogP) is 3.20. The fourth-order valence-corrected chi connectivity index (χ4v) is 5.15. The van der Waals surface area contributed by atoms with Gasteiger partial charge in [-0.2, -0.15) is 0 Å². The molecule has 5 rings (SSSR count). The van der Waals surface area contributed by atoms with Crippen molar-refractivity contribution < 1.29 is 4.79 Å². The van der Waals surface area contributed by atoms with Crippen molar-refractivity contribution in [1.29, 1.82) is 0 Å². The van der Waals surface area contributed by atoms with Gasteiger partial charge in [-0.15, -0.1) is 0 Å². The standard InChI is InChI=1S/C23H30N8O/c1-4-17(22(32)30-12-23(13-30)8-6-7-9-23)28-19-18-21(27-14-26-19)31(5-2)20(29-18)16-10-24-15(3)25-11-16/h10-11,14,17H,4-9,12-13H2,1-3H3,(H,26,27,28)/t17-/m0/s1. The summed E-state index contributed by atoms with van der Waals surface area (Å²) in [5.41, 5.74) is 2.61. The van der Waals surface area contributed by atoms with Crippen LogP contribution >= 0.6 is 0 Å². The molecule has 2 aliphatic rings. The fourth-order valence-electron chi connectivity index (χ4n) is 5.15. The molecule has 1 atom stereocenters. The van der Waals surface area contributed by atoms with Gasteiger partial charge in [-0.05, 0) is 33.1 Å². The van der Waals surface area contributed by atoms with Gasteiger partial charge >= 0.3 is 0 Å². The number of fused-ring (bicyclic) bond motifs is 1. The average Bonchev–Trinajstić information content (AvgIpc) is 3.42. The van der Waals surface area contributed by atoms with Gasteiger partial charge in [0.15, 0.2) is 17.0 Å². The summed E-state index contributed by atoms with van der Waals surface area (Å²) in [6.07, 6.45) is 10.9. The molecule has 3 aromatic heterocycles. The van der Waals surface area contributed by atoms with Gasteiger partial charge in [0.25, 0.3) is 0 Å². The normalized spacial score (nSPS) is 18.2. The number of aromatic nitrogens is 6. The average molecular weight is 435 g/mol. The molecule has 168 valence electrons. The van der Waals surface area contributed by atoms with E-state index in [1.165, 1.54) is 32.0 Å². The van der Waals surface area contributed by atoms with Crippen LogP contribution in [0.15, 0.2) is 18.7 Å². The van der Waals surface area contributed by atoms with Crippen molar-refractivity contribution >= 4 is 22.9 Å². The van der Waals surface area contributed by atoms with E-state index in [-0.39, 0.29) is 11.9 Å². The molecule has 1 spiro atoms. The maximum atomic E-state index is 13.2. The second kappa shape index (κ2) is 8.11. The smallest absolute Gasteiger partial charge is 0.245 e. The third kappa shape index (κ3) is 3.49. The lowest BCUT2D eigenvalue weighted by Gasteiger charge is -2.49. The van der Waals surface area contributed by atoms with Gasteiger partial charge in [0.05, 0.1) is 5.56 Å². The Morgan fingerprint density at radius 1 is 1.12 bits per heavy atom. The first-order valence-corrected chi connectivity index (χ1v) is 11.6. The van der Waals surface area contributed by atoms with Crippen LogP contribution in [0.2, 0.25) is 0 Å². The van der Waals surface area contributed by atoms with Crippen LogP contribution in [0, 0.1) is 12.3 Å². The number of imidazole rings is 1. The van der Waals surface area contributed by atoms with Gasteiger partial charge in [0.1, 0.15) is 24.0 Å². The Bertz CT molecular complexity index is 1120. The summed E-state index contributed by atoms with van der Waals surface area (Å²) in [6.45, 7) is 8.42. The highest BCUT2D eigenvalue weighted by Gasteiger charge is 2.47. The maximum absolute atomic E-state index is 13.2. The first-order valence-electron chi connectivity index (χ1n) is 11.6. The molecule has 0 aromatic carbocycles. The molecule has 1 aliphatic carbocycles. The van der Waals surface area contributed by atoms with Crippen molar-refractivity contribution in [3.63, 3.8) is 0 Å². The van der Waals surface area contributed by atoms with E-state index in [2.05, 4.69) is 32.2 Å². The second-order valence-electron chi connectivity index (χ2n) is 9.10. The first kappa shape index (κ1) is 20.8. The van der Waals surface area contributed by atoms with E-state index >= 15 is 0 Å². The van der Waals surface area contributed by atoms with Crippen molar-refractivity contribution in [2.45, 2.75) is 65.5 Å². The minimum absolute atomic E-state index is 0.152. The molecule has 3 aromatic rings. The second-order valence-corrected chi connectivity index (χ2v) is 9.10. The van der Waals surface area contributed by atoms with Gasteiger partial charge in [-0.25, -0.2) is 24.9 Å². The van der Waals surface area contributed by atoms with E-state index in [0.717, 1.165) is 30.1 Å². The summed E-state index contributed by atoms with van der Waals surface area (Å²) in [4.78, 5) is 37.6. The van der Waals surface area contributed by atoms with Gasteiger partial charge < -0.3 is 14.8 Å². The Morgan fingerprint density at radius 2 is 1.84 bits per heavy atom. The Morgan fingerprint density at radius 3 is 2.50 bits per heavy atom. The minimum atomic E-state index is -0.329. The third-order valence-corrected chi connectivity index (χ3v) is 6.93. The molecule has 4 heterocycles. The molecular formula is C23H30N8O. The van der Waals surface area contributed by atoms with Crippen molar-refractivity contribution in [1.82, 2.24) is 34.4 Å². The highest BCUT2D eigenvalue weighted by Crippen LogP contribution is 2.45. The molecule has 0 unspecified atom stereocenters. The van der Waals surface area contributed by atoms with E-state index in [9.17, 15) is 4.79 Å². The van der Waals surface area contributed by atoms with E-state index < -0.39 is 0 Å². The van der Waals surface area contributed by atoms with Crippen LogP contribution in [0.5, 0.6) is 0 Å². The summed E-state index contributed by atoms with van der Waals surface area (Å²) in [5.74, 6) is 2.20. The molecule has 1 N–H and O–H groups in total. The van der Waals surface area contributed by atoms with Crippen molar-refractivity contribution in [2.24, 2.45) is 5.41 Å². The lowest BCUT2D eigenvalue weighted by atomic mass is 9.78. The quantitative estimate of drug-likeness (QED) is 0.635. The predicted molar refractivity (Wildman–Crippen MR) is 122 cm³/mol. The molecule has 9 nitrogen and oxygen atoms in total. The highest BCUT2D eigenvalue weighted by molar-refractivity contribution is 5.90. The topological polar surface area (TPSA) is 102 Å². The Labute approximate surface area is 187 Å². The zero-order valence-electron chi connectivity index (χ0n) is 19.0. The number of carbonyl (C=O) groups is 1. The number of nitrogens with one attached hydrogen (secondary N) is 1. The number of nitrogens with zero attached hydrogens (tertiary/aromatic N) is 7. The molecule has 1 saturated heterocycles. The van der Waals surface area contributed by atoms with Crippen LogP contribution in [0.4, 0.5) is 5.82 Å². The number of hydrogen-bond donors (Lipinski definition) is 1. The van der Waals surface area contributed by atoms with Crippen LogP contribution in [-0.4, -0.2) is 59.4 Å². The minimum Gasteiger partial charge on any atom is -0.356 e. The van der Waals surface area contributed by atoms with Crippen molar-refractivity contribution in [2.75, 3.05) is 18.4 Å². The summed E-state index contributed by atoms with van der Waals surface area (Å²) in [5, 5.41) is 3.38. The van der Waals surface area contributed by atoms with Crippen LogP contribution in [0.3, 0.4) is 0 Å². The zero-order chi connectivity index (χ0) is 22.3. The number of aryl methyl sites for hydroxylation is 2. The maximum Gasteiger partial charge on any atom is 0.245 e. The lowest BCUT2D eigenvalue weighted by Crippen LogP contribution is -2.60. The van der Waals surface area contributed by atoms with E-state index in [1.54, 1.807) is 12.4 Å². The van der Waals surface area contributed by atoms with Crippen LogP contribution in [-0.2, 0) is 11.3 Å². The number of rotatable bonds is 6. The highest BCUT2D eigenvalue weighted by atomic mass is 16.2. The third-order valence-electron chi connectivity index (χ3n) is 6.93. The molecule has 0 radical (unpaired) electrons. The van der Waals surface area contributed by atoms with Gasteiger partial charge in [0.2, 0.25) is 5.91 Å². The molecule has 1 saturated carbocycles. The number of likely N-dealkylation sites (tertiary alicyclic amines) is 1.